The number of nitrogens with one attached hydrogen (secondary N) is 1. The van der Waals surface area contributed by atoms with Crippen molar-refractivity contribution in [2.75, 3.05) is 26.2 Å². The molecule has 1 aliphatic rings. The number of aryl methyl sites for hydroxylation is 1. The Kier molecular flexibility index (Phi) is 5.83. The monoisotopic (exact) mass is 334 g/mol. The number of aromatic nitrogens is 2. The fourth-order valence-electron chi connectivity index (χ4n) is 3.04. The Labute approximate surface area is 142 Å². The first-order valence-electron chi connectivity index (χ1n) is 8.37. The zero-order chi connectivity index (χ0) is 16.1. The van der Waals surface area contributed by atoms with Gasteiger partial charge in [0.05, 0.1) is 24.9 Å². The molecule has 0 unspecified atom stereocenters. The molecule has 3 heterocycles. The molecule has 0 amide bonds. The van der Waals surface area contributed by atoms with E-state index in [2.05, 4.69) is 52.9 Å². The molecule has 23 heavy (non-hydrogen) atoms. The van der Waals surface area contributed by atoms with Gasteiger partial charge in [-0.15, -0.1) is 11.3 Å². The molecule has 0 radical (unpaired) electrons. The summed E-state index contributed by atoms with van der Waals surface area (Å²) in [4.78, 5) is 3.97. The number of nitrogens with zero attached hydrogens (tertiary/aromatic N) is 3. The highest BCUT2D eigenvalue weighted by Gasteiger charge is 2.25. The molecule has 0 bridgehead atoms. The summed E-state index contributed by atoms with van der Waals surface area (Å²) in [6, 6.07) is 4.80. The Bertz CT molecular complexity index is 583. The summed E-state index contributed by atoms with van der Waals surface area (Å²) >= 11 is 1.84. The van der Waals surface area contributed by atoms with E-state index in [1.165, 1.54) is 10.4 Å². The fraction of sp³-hybridized carbons (Fsp3) is 0.588. The summed E-state index contributed by atoms with van der Waals surface area (Å²) in [5.41, 5.74) is 1.24. The van der Waals surface area contributed by atoms with Crippen LogP contribution in [0.3, 0.4) is 0 Å². The number of ether oxygens (including phenoxy) is 1. The molecule has 1 fully saturated rings. The van der Waals surface area contributed by atoms with Gasteiger partial charge >= 0.3 is 0 Å². The van der Waals surface area contributed by atoms with Crippen LogP contribution in [0.1, 0.15) is 30.3 Å². The van der Waals surface area contributed by atoms with Crippen molar-refractivity contribution in [3.05, 3.63) is 40.3 Å². The van der Waals surface area contributed by atoms with E-state index in [0.29, 0.717) is 12.1 Å². The largest absolute Gasteiger partial charge is 0.376 e. The van der Waals surface area contributed by atoms with E-state index in [-0.39, 0.29) is 0 Å². The SMILES string of the molecule is CCn1cc(CNC[C@H](c2cccs2)N2CCO[C@H](C)C2)cn1. The average Bonchev–Trinajstić information content (AvgIpc) is 3.23. The molecule has 0 aliphatic carbocycles. The van der Waals surface area contributed by atoms with Gasteiger partial charge in [0.25, 0.3) is 0 Å². The van der Waals surface area contributed by atoms with Gasteiger partial charge in [0, 0.05) is 49.4 Å². The topological polar surface area (TPSA) is 42.3 Å². The third-order valence-electron chi connectivity index (χ3n) is 4.26. The van der Waals surface area contributed by atoms with Gasteiger partial charge in [0.15, 0.2) is 0 Å². The maximum atomic E-state index is 5.69. The van der Waals surface area contributed by atoms with Crippen LogP contribution in [-0.4, -0.2) is 47.0 Å². The predicted molar refractivity (Wildman–Crippen MR) is 93.7 cm³/mol. The Morgan fingerprint density at radius 2 is 2.43 bits per heavy atom. The molecule has 2 aromatic rings. The van der Waals surface area contributed by atoms with Crippen LogP contribution in [0.15, 0.2) is 29.9 Å². The van der Waals surface area contributed by atoms with Crippen LogP contribution in [0.5, 0.6) is 0 Å². The zero-order valence-electron chi connectivity index (χ0n) is 13.9. The van der Waals surface area contributed by atoms with Crippen molar-refractivity contribution in [2.24, 2.45) is 0 Å². The van der Waals surface area contributed by atoms with Gasteiger partial charge in [-0.2, -0.15) is 5.10 Å². The van der Waals surface area contributed by atoms with Gasteiger partial charge in [0.1, 0.15) is 0 Å². The van der Waals surface area contributed by atoms with Crippen LogP contribution in [0.2, 0.25) is 0 Å². The Morgan fingerprint density at radius 1 is 1.52 bits per heavy atom. The first kappa shape index (κ1) is 16.6. The summed E-state index contributed by atoms with van der Waals surface area (Å²) in [6.07, 6.45) is 4.38. The van der Waals surface area contributed by atoms with Crippen molar-refractivity contribution in [1.82, 2.24) is 20.0 Å². The number of hydrogen-bond donors (Lipinski definition) is 1. The molecule has 3 rings (SSSR count). The van der Waals surface area contributed by atoms with E-state index in [1.54, 1.807) is 0 Å². The molecular formula is C17H26N4OS. The molecule has 5 nitrogen and oxygen atoms in total. The molecule has 0 aromatic carbocycles. The first-order chi connectivity index (χ1) is 11.3. The van der Waals surface area contributed by atoms with Crippen molar-refractivity contribution in [3.63, 3.8) is 0 Å². The van der Waals surface area contributed by atoms with E-state index < -0.39 is 0 Å². The molecule has 6 heteroatoms. The highest BCUT2D eigenvalue weighted by atomic mass is 32.1. The lowest BCUT2D eigenvalue weighted by Gasteiger charge is -2.37. The third kappa shape index (κ3) is 4.41. The van der Waals surface area contributed by atoms with Gasteiger partial charge < -0.3 is 10.1 Å². The fourth-order valence-corrected chi connectivity index (χ4v) is 3.90. The van der Waals surface area contributed by atoms with Crippen LogP contribution in [-0.2, 0) is 17.8 Å². The van der Waals surface area contributed by atoms with E-state index >= 15 is 0 Å². The maximum Gasteiger partial charge on any atom is 0.0674 e. The first-order valence-corrected chi connectivity index (χ1v) is 9.25. The maximum absolute atomic E-state index is 5.69. The molecule has 126 valence electrons. The second-order valence-electron chi connectivity index (χ2n) is 6.04. The highest BCUT2D eigenvalue weighted by molar-refractivity contribution is 7.10. The van der Waals surface area contributed by atoms with Crippen LogP contribution >= 0.6 is 11.3 Å². The van der Waals surface area contributed by atoms with Gasteiger partial charge in [-0.05, 0) is 25.3 Å². The Hall–Kier alpha value is -1.21. The van der Waals surface area contributed by atoms with Gasteiger partial charge in [-0.1, -0.05) is 6.07 Å². The van der Waals surface area contributed by atoms with E-state index in [0.717, 1.165) is 39.3 Å². The lowest BCUT2D eigenvalue weighted by atomic mass is 10.1. The molecule has 0 spiro atoms. The lowest BCUT2D eigenvalue weighted by Crippen LogP contribution is -2.45. The van der Waals surface area contributed by atoms with Crippen LogP contribution in [0.25, 0.3) is 0 Å². The van der Waals surface area contributed by atoms with Crippen molar-refractivity contribution in [2.45, 2.75) is 39.1 Å². The minimum Gasteiger partial charge on any atom is -0.376 e. The second-order valence-corrected chi connectivity index (χ2v) is 7.02. The quantitative estimate of drug-likeness (QED) is 0.845. The van der Waals surface area contributed by atoms with Crippen molar-refractivity contribution in [1.29, 1.82) is 0 Å². The summed E-state index contributed by atoms with van der Waals surface area (Å²) in [6.45, 7) is 9.82. The molecule has 1 aliphatic heterocycles. The predicted octanol–water partition coefficient (Wildman–Crippen LogP) is 2.52. The zero-order valence-corrected chi connectivity index (χ0v) is 14.8. The molecule has 1 saturated heterocycles. The van der Waals surface area contributed by atoms with E-state index in [9.17, 15) is 0 Å². The number of morpholine rings is 1. The lowest BCUT2D eigenvalue weighted by molar-refractivity contribution is -0.0339. The van der Waals surface area contributed by atoms with E-state index in [4.69, 9.17) is 4.74 Å². The molecule has 2 aromatic heterocycles. The molecule has 1 N–H and O–H groups in total. The second kappa shape index (κ2) is 8.06. The van der Waals surface area contributed by atoms with Crippen molar-refractivity contribution < 1.29 is 4.74 Å². The minimum atomic E-state index is 0.314. The smallest absolute Gasteiger partial charge is 0.0674 e. The van der Waals surface area contributed by atoms with Crippen molar-refractivity contribution >= 4 is 11.3 Å². The van der Waals surface area contributed by atoms with Crippen molar-refractivity contribution in [3.8, 4) is 0 Å². The third-order valence-corrected chi connectivity index (χ3v) is 5.24. The summed E-state index contributed by atoms with van der Waals surface area (Å²) < 4.78 is 7.66. The number of thiophene rings is 1. The summed E-state index contributed by atoms with van der Waals surface area (Å²) in [5, 5.41) is 10.1. The van der Waals surface area contributed by atoms with Gasteiger partial charge in [-0.3, -0.25) is 9.58 Å². The number of rotatable bonds is 7. The summed E-state index contributed by atoms with van der Waals surface area (Å²) in [5.74, 6) is 0. The van der Waals surface area contributed by atoms with Gasteiger partial charge in [-0.25, -0.2) is 0 Å². The average molecular weight is 334 g/mol. The Morgan fingerprint density at radius 3 is 3.13 bits per heavy atom. The summed E-state index contributed by atoms with van der Waals surface area (Å²) in [7, 11) is 0. The van der Waals surface area contributed by atoms with E-state index in [1.807, 2.05) is 22.2 Å². The van der Waals surface area contributed by atoms with Crippen LogP contribution in [0.4, 0.5) is 0 Å². The molecule has 0 saturated carbocycles. The molecule has 2 atom stereocenters. The van der Waals surface area contributed by atoms with Crippen LogP contribution in [0, 0.1) is 0 Å². The minimum absolute atomic E-state index is 0.314. The number of hydrogen-bond acceptors (Lipinski definition) is 5. The standard InChI is InChI=1S/C17H26N4OS/c1-3-21-13-15(10-19-21)9-18-11-16(17-5-4-8-23-17)20-6-7-22-14(2)12-20/h4-5,8,10,13-14,16,18H,3,6-7,9,11-12H2,1-2H3/t14-,16-/m1/s1. The molecular weight excluding hydrogens is 308 g/mol. The van der Waals surface area contributed by atoms with Crippen LogP contribution < -0.4 is 5.32 Å². The van der Waals surface area contributed by atoms with Gasteiger partial charge in [0.2, 0.25) is 0 Å². The normalized spacial score (nSPS) is 20.7. The highest BCUT2D eigenvalue weighted by Crippen LogP contribution is 2.26. The Balaban J connectivity index is 1.60.